The second-order valence-electron chi connectivity index (χ2n) is 7.17. The maximum absolute atomic E-state index is 13.1. The molecule has 0 bridgehead atoms. The molecular weight excluding hydrogens is 414 g/mol. The van der Waals surface area contributed by atoms with E-state index in [1.807, 2.05) is 6.92 Å². The second kappa shape index (κ2) is 10.2. The highest BCUT2D eigenvalue weighted by molar-refractivity contribution is 6.46. The number of ether oxygens (including phenoxy) is 3. The molecule has 8 nitrogen and oxygen atoms in total. The number of aliphatic hydroxyl groups is 2. The van der Waals surface area contributed by atoms with Gasteiger partial charge in [0.25, 0.3) is 11.7 Å². The normalized spacial score (nSPS) is 17.5. The van der Waals surface area contributed by atoms with Crippen molar-refractivity contribution < 1.29 is 34.0 Å². The Morgan fingerprint density at radius 2 is 1.72 bits per heavy atom. The quantitative estimate of drug-likeness (QED) is 0.350. The van der Waals surface area contributed by atoms with E-state index < -0.39 is 17.7 Å². The number of likely N-dealkylation sites (tertiary alicyclic amines) is 1. The van der Waals surface area contributed by atoms with E-state index in [2.05, 4.69) is 0 Å². The molecular formula is C24H27NO7. The minimum Gasteiger partial charge on any atom is -0.506 e. The topological polar surface area (TPSA) is 106 Å². The molecule has 0 saturated carbocycles. The summed E-state index contributed by atoms with van der Waals surface area (Å²) in [5, 5.41) is 20.4. The highest BCUT2D eigenvalue weighted by Gasteiger charge is 2.46. The lowest BCUT2D eigenvalue weighted by Crippen LogP contribution is -2.30. The zero-order chi connectivity index (χ0) is 23.3. The number of hydrogen-bond acceptors (Lipinski definition) is 7. The van der Waals surface area contributed by atoms with Crippen molar-refractivity contribution in [3.05, 3.63) is 59.2 Å². The molecule has 2 N–H and O–H groups in total. The number of hydrogen-bond donors (Lipinski definition) is 2. The van der Waals surface area contributed by atoms with Crippen LogP contribution in [0.4, 0.5) is 0 Å². The molecule has 0 aliphatic carbocycles. The van der Waals surface area contributed by atoms with Crippen LogP contribution in [0.1, 0.15) is 30.5 Å². The van der Waals surface area contributed by atoms with E-state index in [4.69, 9.17) is 19.3 Å². The monoisotopic (exact) mass is 441 g/mol. The first kappa shape index (κ1) is 23.1. The SMILES string of the molecule is CCCN1C(=O)C(=O)/C(=C(/O)c2c(OC)cccc2OC)C1c1cccc(OCCO)c1. The average Bonchev–Trinajstić information content (AvgIpc) is 3.07. The van der Waals surface area contributed by atoms with Crippen molar-refractivity contribution in [2.24, 2.45) is 0 Å². The van der Waals surface area contributed by atoms with E-state index in [1.54, 1.807) is 42.5 Å². The van der Waals surface area contributed by atoms with Gasteiger partial charge in [-0.2, -0.15) is 0 Å². The number of aliphatic hydroxyl groups excluding tert-OH is 2. The van der Waals surface area contributed by atoms with Crippen molar-refractivity contribution in [2.45, 2.75) is 19.4 Å². The van der Waals surface area contributed by atoms with Gasteiger partial charge in [-0.15, -0.1) is 0 Å². The molecule has 8 heteroatoms. The molecule has 3 rings (SSSR count). The molecule has 170 valence electrons. The summed E-state index contributed by atoms with van der Waals surface area (Å²) < 4.78 is 16.3. The molecule has 0 spiro atoms. The number of benzene rings is 2. The van der Waals surface area contributed by atoms with Crippen LogP contribution < -0.4 is 14.2 Å². The van der Waals surface area contributed by atoms with Crippen LogP contribution in [0, 0.1) is 0 Å². The third kappa shape index (κ3) is 4.27. The van der Waals surface area contributed by atoms with Crippen LogP contribution in [-0.4, -0.2) is 60.8 Å². The maximum atomic E-state index is 13.1. The summed E-state index contributed by atoms with van der Waals surface area (Å²) in [5.74, 6) is -0.745. The fraction of sp³-hybridized carbons (Fsp3) is 0.333. The highest BCUT2D eigenvalue weighted by Crippen LogP contribution is 2.43. The van der Waals surface area contributed by atoms with E-state index in [9.17, 15) is 14.7 Å². The van der Waals surface area contributed by atoms with Crippen molar-refractivity contribution in [2.75, 3.05) is 34.0 Å². The third-order valence-electron chi connectivity index (χ3n) is 5.20. The zero-order valence-electron chi connectivity index (χ0n) is 18.3. The smallest absolute Gasteiger partial charge is 0.295 e. The molecule has 1 aliphatic rings. The van der Waals surface area contributed by atoms with Gasteiger partial charge in [-0.25, -0.2) is 0 Å². The zero-order valence-corrected chi connectivity index (χ0v) is 18.3. The number of carbonyl (C=O) groups is 2. The standard InChI is InChI=1S/C24H27NO7/c1-4-11-25-21(15-7-5-8-16(14-15)32-13-12-26)20(23(28)24(25)29)22(27)19-17(30-2)9-6-10-18(19)31-3/h5-10,14,21,26-27H,4,11-13H2,1-3H3/b22-20+. The van der Waals surface area contributed by atoms with Crippen LogP contribution >= 0.6 is 0 Å². The Hall–Kier alpha value is -3.52. The largest absolute Gasteiger partial charge is 0.506 e. The van der Waals surface area contributed by atoms with Crippen molar-refractivity contribution >= 4 is 17.4 Å². The van der Waals surface area contributed by atoms with E-state index in [1.165, 1.54) is 19.1 Å². The predicted octanol–water partition coefficient (Wildman–Crippen LogP) is 2.91. The number of amides is 1. The van der Waals surface area contributed by atoms with Gasteiger partial charge in [-0.3, -0.25) is 9.59 Å². The first-order chi connectivity index (χ1) is 15.5. The number of carbonyl (C=O) groups excluding carboxylic acids is 2. The summed E-state index contributed by atoms with van der Waals surface area (Å²) in [4.78, 5) is 27.4. The molecule has 1 fully saturated rings. The number of nitrogens with zero attached hydrogens (tertiary/aromatic N) is 1. The first-order valence-corrected chi connectivity index (χ1v) is 10.3. The number of Topliss-reactive ketones (excluding diaryl/α,β-unsaturated/α-hetero) is 1. The van der Waals surface area contributed by atoms with Gasteiger partial charge >= 0.3 is 0 Å². The van der Waals surface area contributed by atoms with Crippen LogP contribution in [-0.2, 0) is 9.59 Å². The fourth-order valence-electron chi connectivity index (χ4n) is 3.86. The maximum Gasteiger partial charge on any atom is 0.295 e. The Bertz CT molecular complexity index is 1010. The van der Waals surface area contributed by atoms with Crippen molar-refractivity contribution in [1.29, 1.82) is 0 Å². The molecule has 1 saturated heterocycles. The Morgan fingerprint density at radius 1 is 1.06 bits per heavy atom. The minimum atomic E-state index is -0.817. The summed E-state index contributed by atoms with van der Waals surface area (Å²) in [5.41, 5.74) is 0.749. The molecule has 1 amide bonds. The van der Waals surface area contributed by atoms with Gasteiger partial charge < -0.3 is 29.3 Å². The minimum absolute atomic E-state index is 0.0504. The molecule has 0 aromatic heterocycles. The summed E-state index contributed by atoms with van der Waals surface area (Å²) in [7, 11) is 2.89. The first-order valence-electron chi connectivity index (χ1n) is 10.3. The lowest BCUT2D eigenvalue weighted by Gasteiger charge is -2.25. The third-order valence-corrected chi connectivity index (χ3v) is 5.20. The van der Waals surface area contributed by atoms with Crippen LogP contribution in [0.3, 0.4) is 0 Å². The van der Waals surface area contributed by atoms with Crippen molar-refractivity contribution in [3.8, 4) is 17.2 Å². The van der Waals surface area contributed by atoms with Gasteiger partial charge in [0.15, 0.2) is 0 Å². The Labute approximate surface area is 186 Å². The van der Waals surface area contributed by atoms with E-state index in [0.29, 0.717) is 35.8 Å². The van der Waals surface area contributed by atoms with E-state index in [-0.39, 0.29) is 30.1 Å². The molecule has 32 heavy (non-hydrogen) atoms. The Balaban J connectivity index is 2.23. The van der Waals surface area contributed by atoms with E-state index >= 15 is 0 Å². The number of methoxy groups -OCH3 is 2. The van der Waals surface area contributed by atoms with Gasteiger partial charge in [0.05, 0.1) is 32.4 Å². The van der Waals surface area contributed by atoms with Gasteiger partial charge in [0.2, 0.25) is 0 Å². The summed E-state index contributed by atoms with van der Waals surface area (Å²) in [6.07, 6.45) is 0.627. The van der Waals surface area contributed by atoms with Crippen molar-refractivity contribution in [3.63, 3.8) is 0 Å². The summed E-state index contributed by atoms with van der Waals surface area (Å²) in [6, 6.07) is 11.1. The summed E-state index contributed by atoms with van der Waals surface area (Å²) in [6.45, 7) is 2.19. The van der Waals surface area contributed by atoms with Gasteiger partial charge in [-0.05, 0) is 36.2 Å². The van der Waals surface area contributed by atoms with Crippen LogP contribution in [0.25, 0.3) is 5.76 Å². The molecule has 1 unspecified atom stereocenters. The molecule has 1 atom stereocenters. The lowest BCUT2D eigenvalue weighted by atomic mass is 9.94. The van der Waals surface area contributed by atoms with Crippen molar-refractivity contribution in [1.82, 2.24) is 4.90 Å². The Kier molecular flexibility index (Phi) is 7.37. The average molecular weight is 441 g/mol. The van der Waals surface area contributed by atoms with Crippen LogP contribution in [0.15, 0.2) is 48.0 Å². The molecule has 2 aromatic rings. The van der Waals surface area contributed by atoms with E-state index in [0.717, 1.165) is 0 Å². The van der Waals surface area contributed by atoms with Gasteiger partial charge in [0, 0.05) is 6.54 Å². The second-order valence-corrected chi connectivity index (χ2v) is 7.17. The fourth-order valence-corrected chi connectivity index (χ4v) is 3.86. The molecule has 0 radical (unpaired) electrons. The molecule has 1 aliphatic heterocycles. The number of rotatable bonds is 9. The predicted molar refractivity (Wildman–Crippen MR) is 118 cm³/mol. The molecule has 1 heterocycles. The number of ketones is 1. The van der Waals surface area contributed by atoms with Crippen LogP contribution in [0.5, 0.6) is 17.2 Å². The van der Waals surface area contributed by atoms with Gasteiger partial charge in [-0.1, -0.05) is 25.1 Å². The Morgan fingerprint density at radius 3 is 2.31 bits per heavy atom. The summed E-state index contributed by atoms with van der Waals surface area (Å²) >= 11 is 0. The lowest BCUT2D eigenvalue weighted by molar-refractivity contribution is -0.139. The molecule has 2 aromatic carbocycles. The highest BCUT2D eigenvalue weighted by atomic mass is 16.5. The van der Waals surface area contributed by atoms with Crippen LogP contribution in [0.2, 0.25) is 0 Å². The van der Waals surface area contributed by atoms with Gasteiger partial charge in [0.1, 0.15) is 35.2 Å².